The van der Waals surface area contributed by atoms with Crippen molar-refractivity contribution < 1.29 is 4.79 Å². The number of carbonyl (C=O) groups excluding carboxylic acids is 1. The van der Waals surface area contributed by atoms with Gasteiger partial charge >= 0.3 is 0 Å². The van der Waals surface area contributed by atoms with E-state index in [0.717, 1.165) is 21.4 Å². The molecular formula is C21H18BrN3O. The lowest BCUT2D eigenvalue weighted by atomic mass is 10.2. The Kier molecular flexibility index (Phi) is 5.81. The van der Waals surface area contributed by atoms with Gasteiger partial charge in [0.2, 0.25) is 0 Å². The van der Waals surface area contributed by atoms with Gasteiger partial charge in [0.05, 0.1) is 6.21 Å². The van der Waals surface area contributed by atoms with Crippen molar-refractivity contribution in [1.29, 1.82) is 0 Å². The Morgan fingerprint density at radius 2 is 1.54 bits per heavy atom. The van der Waals surface area contributed by atoms with Crippen LogP contribution in [0.4, 0.5) is 11.4 Å². The van der Waals surface area contributed by atoms with Crippen LogP contribution in [0.2, 0.25) is 0 Å². The molecule has 3 aromatic rings. The maximum absolute atomic E-state index is 12.0. The van der Waals surface area contributed by atoms with E-state index in [1.807, 2.05) is 61.6 Å². The van der Waals surface area contributed by atoms with E-state index in [1.54, 1.807) is 18.3 Å². The van der Waals surface area contributed by atoms with Crippen molar-refractivity contribution in [2.75, 3.05) is 11.9 Å². The lowest BCUT2D eigenvalue weighted by molar-refractivity contribution is 0.0955. The number of nitrogens with one attached hydrogen (secondary N) is 1. The third-order valence-corrected chi connectivity index (χ3v) is 4.44. The fourth-order valence-corrected chi connectivity index (χ4v) is 2.68. The second-order valence-corrected chi connectivity index (χ2v) is 6.61. The molecule has 3 aromatic carbocycles. The third-order valence-electron chi connectivity index (χ3n) is 3.91. The Hall–Kier alpha value is -2.92. The van der Waals surface area contributed by atoms with Crippen LogP contribution in [0.25, 0.3) is 0 Å². The summed E-state index contributed by atoms with van der Waals surface area (Å²) in [5.74, 6) is -0.241. The second-order valence-electron chi connectivity index (χ2n) is 5.69. The number of benzene rings is 3. The van der Waals surface area contributed by atoms with Crippen LogP contribution in [0.1, 0.15) is 15.9 Å². The highest BCUT2D eigenvalue weighted by Gasteiger charge is 2.04. The molecule has 0 saturated carbocycles. The lowest BCUT2D eigenvalue weighted by Gasteiger charge is -2.19. The van der Waals surface area contributed by atoms with Crippen LogP contribution < -0.4 is 10.3 Å². The first-order valence-corrected chi connectivity index (χ1v) is 8.90. The molecule has 3 rings (SSSR count). The number of rotatable bonds is 5. The number of hydrazone groups is 1. The molecule has 0 aliphatic carbocycles. The Labute approximate surface area is 161 Å². The predicted molar refractivity (Wildman–Crippen MR) is 110 cm³/mol. The molecule has 0 heterocycles. The van der Waals surface area contributed by atoms with E-state index in [4.69, 9.17) is 0 Å². The van der Waals surface area contributed by atoms with E-state index in [2.05, 4.69) is 43.5 Å². The SMILES string of the molecule is CN(c1ccccc1)c1ccc(C=NNC(=O)c2ccc(Br)cc2)cc1. The Morgan fingerprint density at radius 1 is 0.923 bits per heavy atom. The van der Waals surface area contributed by atoms with E-state index in [9.17, 15) is 4.79 Å². The average molecular weight is 408 g/mol. The van der Waals surface area contributed by atoms with E-state index < -0.39 is 0 Å². The van der Waals surface area contributed by atoms with Crippen LogP contribution in [0.5, 0.6) is 0 Å². The fourth-order valence-electron chi connectivity index (χ4n) is 2.42. The number of para-hydroxylation sites is 1. The zero-order valence-corrected chi connectivity index (χ0v) is 15.8. The van der Waals surface area contributed by atoms with Gasteiger partial charge in [-0.2, -0.15) is 5.10 Å². The van der Waals surface area contributed by atoms with Gasteiger partial charge in [-0.05, 0) is 54.1 Å². The smallest absolute Gasteiger partial charge is 0.271 e. The molecule has 0 unspecified atom stereocenters. The molecule has 4 nitrogen and oxygen atoms in total. The standard InChI is InChI=1S/C21H18BrN3O/c1-25(19-5-3-2-4-6-19)20-13-7-16(8-14-20)15-23-24-21(26)17-9-11-18(22)12-10-17/h2-15H,1H3,(H,24,26). The van der Waals surface area contributed by atoms with Crippen LogP contribution in [0, 0.1) is 0 Å². The lowest BCUT2D eigenvalue weighted by Crippen LogP contribution is -2.17. The molecule has 0 aromatic heterocycles. The van der Waals surface area contributed by atoms with Crippen LogP contribution in [-0.2, 0) is 0 Å². The van der Waals surface area contributed by atoms with Crippen LogP contribution in [0.15, 0.2) is 88.4 Å². The van der Waals surface area contributed by atoms with Crippen molar-refractivity contribution in [3.8, 4) is 0 Å². The Bertz CT molecular complexity index is 891. The van der Waals surface area contributed by atoms with Crippen molar-refractivity contribution in [3.05, 3.63) is 94.5 Å². The highest BCUT2D eigenvalue weighted by atomic mass is 79.9. The normalized spacial score (nSPS) is 10.7. The molecule has 5 heteroatoms. The van der Waals surface area contributed by atoms with Gasteiger partial charge in [0, 0.05) is 28.5 Å². The average Bonchev–Trinajstić information content (AvgIpc) is 2.69. The molecule has 130 valence electrons. The van der Waals surface area contributed by atoms with E-state index >= 15 is 0 Å². The zero-order chi connectivity index (χ0) is 18.4. The molecule has 1 amide bonds. The number of halogens is 1. The van der Waals surface area contributed by atoms with Crippen molar-refractivity contribution in [1.82, 2.24) is 5.43 Å². The highest BCUT2D eigenvalue weighted by Crippen LogP contribution is 2.22. The van der Waals surface area contributed by atoms with Gasteiger partial charge in [-0.3, -0.25) is 4.79 Å². The number of nitrogens with zero attached hydrogens (tertiary/aromatic N) is 2. The molecule has 0 fully saturated rings. The molecular weight excluding hydrogens is 390 g/mol. The number of hydrogen-bond acceptors (Lipinski definition) is 3. The van der Waals surface area contributed by atoms with Gasteiger partial charge in [0.15, 0.2) is 0 Å². The van der Waals surface area contributed by atoms with Gasteiger partial charge in [-0.1, -0.05) is 46.3 Å². The first kappa shape index (κ1) is 17.9. The summed E-state index contributed by atoms with van der Waals surface area (Å²) in [5, 5.41) is 4.02. The maximum atomic E-state index is 12.0. The summed E-state index contributed by atoms with van der Waals surface area (Å²) >= 11 is 3.34. The predicted octanol–water partition coefficient (Wildman–Crippen LogP) is 4.98. The molecule has 0 aliphatic heterocycles. The van der Waals surface area contributed by atoms with Crippen LogP contribution in [-0.4, -0.2) is 19.2 Å². The molecule has 0 radical (unpaired) electrons. The minimum Gasteiger partial charge on any atom is -0.345 e. The first-order chi connectivity index (χ1) is 12.6. The minimum absolute atomic E-state index is 0.241. The summed E-state index contributed by atoms with van der Waals surface area (Å²) in [5.41, 5.74) is 6.20. The number of carbonyl (C=O) groups is 1. The van der Waals surface area contributed by atoms with E-state index in [-0.39, 0.29) is 5.91 Å². The van der Waals surface area contributed by atoms with Crippen LogP contribution in [0.3, 0.4) is 0 Å². The number of hydrogen-bond donors (Lipinski definition) is 1. The van der Waals surface area contributed by atoms with E-state index in [1.165, 1.54) is 0 Å². The highest BCUT2D eigenvalue weighted by molar-refractivity contribution is 9.10. The van der Waals surface area contributed by atoms with Gasteiger partial charge in [0.25, 0.3) is 5.91 Å². The summed E-state index contributed by atoms with van der Waals surface area (Å²) in [6, 6.07) is 25.2. The first-order valence-electron chi connectivity index (χ1n) is 8.11. The molecule has 0 atom stereocenters. The largest absolute Gasteiger partial charge is 0.345 e. The molecule has 0 saturated heterocycles. The molecule has 1 N–H and O–H groups in total. The number of amides is 1. The summed E-state index contributed by atoms with van der Waals surface area (Å²) in [6.07, 6.45) is 1.63. The summed E-state index contributed by atoms with van der Waals surface area (Å²) < 4.78 is 0.929. The van der Waals surface area contributed by atoms with Gasteiger partial charge in [-0.25, -0.2) is 5.43 Å². The molecule has 0 bridgehead atoms. The minimum atomic E-state index is -0.241. The van der Waals surface area contributed by atoms with Gasteiger partial charge in [-0.15, -0.1) is 0 Å². The monoisotopic (exact) mass is 407 g/mol. The van der Waals surface area contributed by atoms with Crippen molar-refractivity contribution in [2.45, 2.75) is 0 Å². The van der Waals surface area contributed by atoms with Crippen molar-refractivity contribution >= 4 is 39.4 Å². The van der Waals surface area contributed by atoms with Crippen molar-refractivity contribution in [3.63, 3.8) is 0 Å². The van der Waals surface area contributed by atoms with Crippen LogP contribution >= 0.6 is 15.9 Å². The molecule has 0 aliphatic rings. The summed E-state index contributed by atoms with van der Waals surface area (Å²) in [7, 11) is 2.02. The fraction of sp³-hybridized carbons (Fsp3) is 0.0476. The maximum Gasteiger partial charge on any atom is 0.271 e. The topological polar surface area (TPSA) is 44.7 Å². The van der Waals surface area contributed by atoms with E-state index in [0.29, 0.717) is 5.56 Å². The summed E-state index contributed by atoms with van der Waals surface area (Å²) in [4.78, 5) is 14.1. The van der Waals surface area contributed by atoms with Crippen molar-refractivity contribution in [2.24, 2.45) is 5.10 Å². The zero-order valence-electron chi connectivity index (χ0n) is 14.3. The Balaban J connectivity index is 1.61. The third kappa shape index (κ3) is 4.58. The molecule has 0 spiro atoms. The van der Waals surface area contributed by atoms with Gasteiger partial charge < -0.3 is 4.90 Å². The molecule has 26 heavy (non-hydrogen) atoms. The summed E-state index contributed by atoms with van der Waals surface area (Å²) in [6.45, 7) is 0. The number of anilines is 2. The Morgan fingerprint density at radius 3 is 2.19 bits per heavy atom. The van der Waals surface area contributed by atoms with Gasteiger partial charge in [0.1, 0.15) is 0 Å². The quantitative estimate of drug-likeness (QED) is 0.478. The second kappa shape index (κ2) is 8.45.